The maximum atomic E-state index is 13.1. The summed E-state index contributed by atoms with van der Waals surface area (Å²) in [5.41, 5.74) is 1.03. The Kier molecular flexibility index (Phi) is 7.21. The van der Waals surface area contributed by atoms with Crippen molar-refractivity contribution in [3.05, 3.63) is 29.6 Å². The molecule has 5 nitrogen and oxygen atoms in total. The zero-order chi connectivity index (χ0) is 15.7. The van der Waals surface area contributed by atoms with Crippen molar-refractivity contribution in [2.45, 2.75) is 39.0 Å². The van der Waals surface area contributed by atoms with Crippen LogP contribution in [0.2, 0.25) is 0 Å². The van der Waals surface area contributed by atoms with Crippen LogP contribution in [0.4, 0.5) is 14.9 Å². The minimum atomic E-state index is -0.776. The highest BCUT2D eigenvalue weighted by atomic mass is 19.1. The van der Waals surface area contributed by atoms with E-state index in [0.717, 1.165) is 19.3 Å². The fraction of sp³-hybridized carbons (Fsp3) is 0.467. The van der Waals surface area contributed by atoms with Crippen LogP contribution < -0.4 is 10.6 Å². The number of hydrogen-bond donors (Lipinski definition) is 3. The van der Waals surface area contributed by atoms with Gasteiger partial charge >= 0.3 is 12.0 Å². The lowest BCUT2D eigenvalue weighted by Crippen LogP contribution is -2.29. The number of carbonyl (C=O) groups excluding carboxylic acids is 1. The van der Waals surface area contributed by atoms with Gasteiger partial charge in [-0.15, -0.1) is 0 Å². The van der Waals surface area contributed by atoms with Gasteiger partial charge in [-0.1, -0.05) is 12.8 Å². The monoisotopic (exact) mass is 296 g/mol. The van der Waals surface area contributed by atoms with Crippen molar-refractivity contribution in [2.75, 3.05) is 11.9 Å². The van der Waals surface area contributed by atoms with Crippen molar-refractivity contribution in [3.8, 4) is 0 Å². The molecule has 6 heteroatoms. The van der Waals surface area contributed by atoms with Crippen molar-refractivity contribution >= 4 is 17.7 Å². The minimum Gasteiger partial charge on any atom is -0.481 e. The lowest BCUT2D eigenvalue weighted by atomic mass is 10.1. The molecule has 1 aromatic carbocycles. The number of aryl methyl sites for hydroxylation is 1. The summed E-state index contributed by atoms with van der Waals surface area (Å²) < 4.78 is 13.1. The molecule has 0 bridgehead atoms. The van der Waals surface area contributed by atoms with Crippen LogP contribution in [-0.2, 0) is 4.79 Å². The van der Waals surface area contributed by atoms with Gasteiger partial charge in [-0.05, 0) is 43.5 Å². The molecule has 0 radical (unpaired) electrons. The van der Waals surface area contributed by atoms with E-state index in [1.807, 2.05) is 0 Å². The van der Waals surface area contributed by atoms with Crippen LogP contribution in [0.5, 0.6) is 0 Å². The number of carbonyl (C=O) groups is 2. The number of carboxylic acids is 1. The van der Waals surface area contributed by atoms with Crippen molar-refractivity contribution in [1.29, 1.82) is 0 Å². The first-order valence-corrected chi connectivity index (χ1v) is 7.02. The standard InChI is InChI=1S/C15H21FN2O3/c1-11-10-12(7-8-13(11)16)18-15(21)17-9-5-3-2-4-6-14(19)20/h7-8,10H,2-6,9H2,1H3,(H,19,20)(H2,17,18,21). The fourth-order valence-electron chi connectivity index (χ4n) is 1.85. The molecule has 3 N–H and O–H groups in total. The Morgan fingerprint density at radius 3 is 2.57 bits per heavy atom. The van der Waals surface area contributed by atoms with Gasteiger partial charge in [0.25, 0.3) is 0 Å². The van der Waals surface area contributed by atoms with Crippen LogP contribution in [0.15, 0.2) is 18.2 Å². The molecule has 1 rings (SSSR count). The first-order chi connectivity index (χ1) is 9.99. The van der Waals surface area contributed by atoms with E-state index in [1.165, 1.54) is 12.1 Å². The number of aliphatic carboxylic acids is 1. The lowest BCUT2D eigenvalue weighted by Gasteiger charge is -2.08. The quantitative estimate of drug-likeness (QED) is 0.644. The molecule has 0 spiro atoms. The predicted octanol–water partition coefficient (Wildman–Crippen LogP) is 3.29. The van der Waals surface area contributed by atoms with Crippen molar-refractivity contribution < 1.29 is 19.1 Å². The summed E-state index contributed by atoms with van der Waals surface area (Å²) in [4.78, 5) is 21.9. The molecule has 0 saturated heterocycles. The second kappa shape index (κ2) is 8.94. The predicted molar refractivity (Wildman–Crippen MR) is 78.9 cm³/mol. The van der Waals surface area contributed by atoms with Gasteiger partial charge in [0.15, 0.2) is 0 Å². The highest BCUT2D eigenvalue weighted by Crippen LogP contribution is 2.13. The van der Waals surface area contributed by atoms with Crippen LogP contribution in [0, 0.1) is 12.7 Å². The number of nitrogens with one attached hydrogen (secondary N) is 2. The highest BCUT2D eigenvalue weighted by molar-refractivity contribution is 5.89. The van der Waals surface area contributed by atoms with Crippen molar-refractivity contribution in [1.82, 2.24) is 5.32 Å². The zero-order valence-electron chi connectivity index (χ0n) is 12.1. The Morgan fingerprint density at radius 1 is 1.19 bits per heavy atom. The third-order valence-electron chi connectivity index (χ3n) is 3.02. The SMILES string of the molecule is Cc1cc(NC(=O)NCCCCCCC(=O)O)ccc1F. The van der Waals surface area contributed by atoms with Crippen molar-refractivity contribution in [2.24, 2.45) is 0 Å². The van der Waals surface area contributed by atoms with E-state index in [4.69, 9.17) is 5.11 Å². The Morgan fingerprint density at radius 2 is 1.90 bits per heavy atom. The van der Waals surface area contributed by atoms with Gasteiger partial charge in [-0.25, -0.2) is 9.18 Å². The first-order valence-electron chi connectivity index (χ1n) is 7.02. The number of benzene rings is 1. The molecule has 21 heavy (non-hydrogen) atoms. The summed E-state index contributed by atoms with van der Waals surface area (Å²) in [7, 11) is 0. The molecule has 116 valence electrons. The zero-order valence-corrected chi connectivity index (χ0v) is 12.1. The number of urea groups is 1. The maximum absolute atomic E-state index is 13.1. The van der Waals surface area contributed by atoms with Gasteiger partial charge in [-0.2, -0.15) is 0 Å². The molecular formula is C15H21FN2O3. The molecule has 0 aliphatic rings. The van der Waals surface area contributed by atoms with Crippen LogP contribution in [0.25, 0.3) is 0 Å². The van der Waals surface area contributed by atoms with E-state index in [0.29, 0.717) is 24.2 Å². The van der Waals surface area contributed by atoms with Crippen molar-refractivity contribution in [3.63, 3.8) is 0 Å². The summed E-state index contributed by atoms with van der Waals surface area (Å²) >= 11 is 0. The second-order valence-corrected chi connectivity index (χ2v) is 4.90. The number of unbranched alkanes of at least 4 members (excludes halogenated alkanes) is 3. The average molecular weight is 296 g/mol. The Hall–Kier alpha value is -2.11. The summed E-state index contributed by atoms with van der Waals surface area (Å²) in [6, 6.07) is 4.06. The number of carboxylic acid groups (broad SMARTS) is 1. The Labute approximate surface area is 123 Å². The van der Waals surface area contributed by atoms with E-state index in [-0.39, 0.29) is 18.3 Å². The summed E-state index contributed by atoms with van der Waals surface area (Å²) in [6.45, 7) is 2.16. The Bertz CT molecular complexity index is 492. The van der Waals surface area contributed by atoms with E-state index in [9.17, 15) is 14.0 Å². The lowest BCUT2D eigenvalue weighted by molar-refractivity contribution is -0.137. The number of halogens is 1. The number of amides is 2. The molecule has 0 fully saturated rings. The smallest absolute Gasteiger partial charge is 0.319 e. The average Bonchev–Trinajstić information content (AvgIpc) is 2.41. The molecule has 0 heterocycles. The molecule has 0 saturated carbocycles. The maximum Gasteiger partial charge on any atom is 0.319 e. The number of rotatable bonds is 8. The molecule has 2 amide bonds. The van der Waals surface area contributed by atoms with E-state index in [2.05, 4.69) is 10.6 Å². The van der Waals surface area contributed by atoms with Crippen LogP contribution in [0.1, 0.15) is 37.7 Å². The third kappa shape index (κ3) is 7.29. The van der Waals surface area contributed by atoms with Crippen LogP contribution in [0.3, 0.4) is 0 Å². The molecule has 0 atom stereocenters. The first kappa shape index (κ1) is 16.9. The number of anilines is 1. The van der Waals surface area contributed by atoms with E-state index < -0.39 is 5.97 Å². The van der Waals surface area contributed by atoms with Gasteiger partial charge in [0, 0.05) is 18.7 Å². The number of hydrogen-bond acceptors (Lipinski definition) is 2. The van der Waals surface area contributed by atoms with Gasteiger partial charge in [0.1, 0.15) is 5.82 Å². The molecular weight excluding hydrogens is 275 g/mol. The summed E-state index contributed by atoms with van der Waals surface area (Å²) in [5.74, 6) is -1.08. The molecule has 0 aromatic heterocycles. The largest absolute Gasteiger partial charge is 0.481 e. The molecule has 0 aliphatic carbocycles. The van der Waals surface area contributed by atoms with Gasteiger partial charge in [0.2, 0.25) is 0 Å². The molecule has 0 unspecified atom stereocenters. The van der Waals surface area contributed by atoms with Gasteiger partial charge in [-0.3, -0.25) is 4.79 Å². The van der Waals surface area contributed by atoms with Gasteiger partial charge < -0.3 is 15.7 Å². The molecule has 1 aromatic rings. The van der Waals surface area contributed by atoms with Gasteiger partial charge in [0.05, 0.1) is 0 Å². The topological polar surface area (TPSA) is 78.4 Å². The van der Waals surface area contributed by atoms with E-state index >= 15 is 0 Å². The molecule has 0 aliphatic heterocycles. The highest BCUT2D eigenvalue weighted by Gasteiger charge is 2.03. The van der Waals surface area contributed by atoms with Crippen LogP contribution >= 0.6 is 0 Å². The Balaban J connectivity index is 2.14. The summed E-state index contributed by atoms with van der Waals surface area (Å²) in [5, 5.41) is 13.8. The minimum absolute atomic E-state index is 0.192. The second-order valence-electron chi connectivity index (χ2n) is 4.90. The summed E-state index contributed by atoms with van der Waals surface area (Å²) in [6.07, 6.45) is 3.37. The van der Waals surface area contributed by atoms with E-state index in [1.54, 1.807) is 13.0 Å². The fourth-order valence-corrected chi connectivity index (χ4v) is 1.85. The van der Waals surface area contributed by atoms with Crippen LogP contribution in [-0.4, -0.2) is 23.7 Å². The normalized spacial score (nSPS) is 10.2. The third-order valence-corrected chi connectivity index (χ3v) is 3.02.